The van der Waals surface area contributed by atoms with Gasteiger partial charge in [-0.1, -0.05) is 0 Å². The quantitative estimate of drug-likeness (QED) is 0.107. The predicted molar refractivity (Wildman–Crippen MR) is 176 cm³/mol. The van der Waals surface area contributed by atoms with Crippen LogP contribution in [0.25, 0.3) is 22.3 Å². The Labute approximate surface area is 305 Å². The van der Waals surface area contributed by atoms with E-state index in [0.717, 1.165) is 13.2 Å². The maximum atomic E-state index is 14.2. The Balaban J connectivity index is 1.41. The Morgan fingerprint density at radius 2 is 1.28 bits per heavy atom. The van der Waals surface area contributed by atoms with E-state index in [0.29, 0.717) is 0 Å². The zero-order valence-electron chi connectivity index (χ0n) is 28.8. The summed E-state index contributed by atoms with van der Waals surface area (Å²) < 4.78 is 45.4. The third kappa shape index (κ3) is 7.29. The van der Waals surface area contributed by atoms with E-state index in [1.54, 1.807) is 0 Å². The first-order valence-corrected chi connectivity index (χ1v) is 16.8. The maximum absolute atomic E-state index is 14.2. The van der Waals surface area contributed by atoms with Crippen molar-refractivity contribution in [3.63, 3.8) is 0 Å². The van der Waals surface area contributed by atoms with Crippen molar-refractivity contribution in [2.45, 2.75) is 106 Å². The van der Waals surface area contributed by atoms with Crippen LogP contribution in [-0.2, 0) is 23.7 Å². The molecule has 6 rings (SSSR count). The predicted octanol–water partition coefficient (Wildman–Crippen LogP) is -2.53. The molecule has 3 aliphatic rings. The number of rotatable bonds is 9. The number of aromatic hydroxyl groups is 3. The lowest BCUT2D eigenvalue weighted by atomic mass is 9.97. The Hall–Kier alpha value is -3.87. The van der Waals surface area contributed by atoms with E-state index < -0.39 is 133 Å². The minimum Gasteiger partial charge on any atom is -0.508 e. The summed E-state index contributed by atoms with van der Waals surface area (Å²) in [5.74, 6) is -3.13. The fourth-order valence-corrected chi connectivity index (χ4v) is 6.42. The molecule has 298 valence electrons. The molecule has 20 heteroatoms. The largest absolute Gasteiger partial charge is 0.508 e. The van der Waals surface area contributed by atoms with Gasteiger partial charge in [0.15, 0.2) is 35.9 Å². The molecule has 3 aliphatic heterocycles. The van der Waals surface area contributed by atoms with Gasteiger partial charge in [0.1, 0.15) is 71.7 Å². The molecule has 11 N–H and O–H groups in total. The van der Waals surface area contributed by atoms with Crippen molar-refractivity contribution in [2.24, 2.45) is 0 Å². The van der Waals surface area contributed by atoms with Crippen LogP contribution in [0.15, 0.2) is 39.5 Å². The van der Waals surface area contributed by atoms with Crippen LogP contribution in [0, 0.1) is 0 Å². The standard InChI is InChI=1S/C34H42O20/c1-10-18(37)23(42)26(45)32(49-10)48-9-16-20(39)25(44)31(54-33-27(46)24(43)19(38)11(2)50-33)34(52-16)53-30-22(41)17-15(8-14(36)29(47-3)21(17)40)51-28(30)12-4-6-13(35)7-5-12/h4-8,10-11,16,18-20,23-27,31-40,42-46H,9H2,1-3H3. The van der Waals surface area contributed by atoms with Gasteiger partial charge in [-0.15, -0.1) is 0 Å². The van der Waals surface area contributed by atoms with Crippen molar-refractivity contribution in [1.82, 2.24) is 0 Å². The molecule has 0 radical (unpaired) electrons. The van der Waals surface area contributed by atoms with E-state index in [4.69, 9.17) is 37.6 Å². The summed E-state index contributed by atoms with van der Waals surface area (Å²) >= 11 is 0. The molecule has 15 atom stereocenters. The smallest absolute Gasteiger partial charge is 0.239 e. The van der Waals surface area contributed by atoms with E-state index in [9.17, 15) is 61.0 Å². The number of aliphatic hydroxyl groups excluding tert-OH is 8. The molecular formula is C34H42O20. The molecule has 20 nitrogen and oxygen atoms in total. The monoisotopic (exact) mass is 770 g/mol. The summed E-state index contributed by atoms with van der Waals surface area (Å²) in [7, 11) is 1.12. The van der Waals surface area contributed by atoms with Crippen LogP contribution in [0.2, 0.25) is 0 Å². The number of hydrogen-bond acceptors (Lipinski definition) is 20. The van der Waals surface area contributed by atoms with Gasteiger partial charge >= 0.3 is 0 Å². The van der Waals surface area contributed by atoms with E-state index >= 15 is 0 Å². The molecule has 0 bridgehead atoms. The maximum Gasteiger partial charge on any atom is 0.239 e. The molecule has 3 saturated heterocycles. The Morgan fingerprint density at radius 1 is 0.685 bits per heavy atom. The van der Waals surface area contributed by atoms with Crippen molar-refractivity contribution in [3.8, 4) is 40.1 Å². The number of hydrogen-bond donors (Lipinski definition) is 11. The van der Waals surface area contributed by atoms with Gasteiger partial charge in [-0.25, -0.2) is 0 Å². The third-order valence-electron chi connectivity index (χ3n) is 9.60. The molecule has 15 unspecified atom stereocenters. The normalized spacial score (nSPS) is 37.3. The molecule has 4 heterocycles. The first kappa shape index (κ1) is 39.8. The first-order chi connectivity index (χ1) is 25.5. The summed E-state index contributed by atoms with van der Waals surface area (Å²) in [6.45, 7) is 2.09. The van der Waals surface area contributed by atoms with Gasteiger partial charge in [-0.2, -0.15) is 0 Å². The Kier molecular flexibility index (Phi) is 11.6. The average Bonchev–Trinajstić information content (AvgIpc) is 3.14. The molecule has 1 aromatic heterocycles. The molecule has 3 fully saturated rings. The summed E-state index contributed by atoms with van der Waals surface area (Å²) in [4.78, 5) is 14.2. The van der Waals surface area contributed by atoms with Gasteiger partial charge in [-0.05, 0) is 38.1 Å². The second kappa shape index (κ2) is 15.7. The molecule has 0 aliphatic carbocycles. The molecule has 0 spiro atoms. The molecule has 0 saturated carbocycles. The van der Waals surface area contributed by atoms with Gasteiger partial charge in [0.2, 0.25) is 23.2 Å². The zero-order chi connectivity index (χ0) is 39.3. The SMILES string of the molecule is COc1c(O)cc2oc(-c3ccc(O)cc3)c(OC3OC(COC4OC(C)C(O)C(O)C4O)C(O)C(O)C3OC3OC(C)C(O)C(O)C3O)c(=O)c2c1O. The highest BCUT2D eigenvalue weighted by atomic mass is 16.8. The number of phenols is 3. The third-order valence-corrected chi connectivity index (χ3v) is 9.60. The second-order valence-corrected chi connectivity index (χ2v) is 13.2. The molecule has 2 aromatic carbocycles. The highest BCUT2D eigenvalue weighted by molar-refractivity contribution is 5.91. The van der Waals surface area contributed by atoms with Crippen LogP contribution in [0.1, 0.15) is 13.8 Å². The van der Waals surface area contributed by atoms with Crippen LogP contribution >= 0.6 is 0 Å². The molecule has 3 aromatic rings. The van der Waals surface area contributed by atoms with Gasteiger partial charge in [0, 0.05) is 11.6 Å². The molecule has 54 heavy (non-hydrogen) atoms. The van der Waals surface area contributed by atoms with Gasteiger partial charge in [-0.3, -0.25) is 4.79 Å². The number of benzene rings is 2. The van der Waals surface area contributed by atoms with Crippen molar-refractivity contribution >= 4 is 11.0 Å². The van der Waals surface area contributed by atoms with E-state index in [2.05, 4.69) is 0 Å². The number of fused-ring (bicyclic) bond motifs is 1. The van der Waals surface area contributed by atoms with Crippen molar-refractivity contribution in [2.75, 3.05) is 13.7 Å². The number of aliphatic hydroxyl groups is 8. The fourth-order valence-electron chi connectivity index (χ4n) is 6.42. The molecule has 0 amide bonds. The van der Waals surface area contributed by atoms with Crippen LogP contribution in [0.5, 0.6) is 28.7 Å². The fraction of sp³-hybridized carbons (Fsp3) is 0.559. The van der Waals surface area contributed by atoms with Crippen LogP contribution < -0.4 is 14.9 Å². The topological polar surface area (TPSA) is 317 Å². The second-order valence-electron chi connectivity index (χ2n) is 13.2. The minimum atomic E-state index is -2.02. The highest BCUT2D eigenvalue weighted by Crippen LogP contribution is 2.44. The summed E-state index contributed by atoms with van der Waals surface area (Å²) in [6.07, 6.45) is -24.9. The lowest BCUT2D eigenvalue weighted by Gasteiger charge is -2.46. The minimum absolute atomic E-state index is 0.112. The summed E-state index contributed by atoms with van der Waals surface area (Å²) in [5.41, 5.74) is -1.30. The van der Waals surface area contributed by atoms with E-state index in [1.807, 2.05) is 0 Å². The van der Waals surface area contributed by atoms with Gasteiger partial charge < -0.3 is 93.7 Å². The molecular weight excluding hydrogens is 728 g/mol. The number of methoxy groups -OCH3 is 1. The number of phenolic OH excluding ortho intramolecular Hbond substituents is 3. The zero-order valence-corrected chi connectivity index (χ0v) is 28.8. The summed E-state index contributed by atoms with van der Waals surface area (Å²) in [6, 6.07) is 6.18. The lowest BCUT2D eigenvalue weighted by molar-refractivity contribution is -0.360. The van der Waals surface area contributed by atoms with E-state index in [1.165, 1.54) is 38.1 Å². The average molecular weight is 771 g/mol. The Bertz CT molecular complexity index is 1830. The van der Waals surface area contributed by atoms with Gasteiger partial charge in [0.05, 0.1) is 25.9 Å². The van der Waals surface area contributed by atoms with Gasteiger partial charge in [0.25, 0.3) is 0 Å². The van der Waals surface area contributed by atoms with Crippen molar-refractivity contribution in [3.05, 3.63) is 40.6 Å². The van der Waals surface area contributed by atoms with Crippen LogP contribution in [0.3, 0.4) is 0 Å². The van der Waals surface area contributed by atoms with Crippen LogP contribution in [-0.4, -0.2) is 162 Å². The summed E-state index contributed by atoms with van der Waals surface area (Å²) in [5, 5.41) is 115. The van der Waals surface area contributed by atoms with Crippen LogP contribution in [0.4, 0.5) is 0 Å². The van der Waals surface area contributed by atoms with Crippen molar-refractivity contribution < 1.29 is 93.7 Å². The van der Waals surface area contributed by atoms with Crippen molar-refractivity contribution in [1.29, 1.82) is 0 Å². The first-order valence-electron chi connectivity index (χ1n) is 16.8. The number of ether oxygens (including phenoxy) is 7. The Morgan fingerprint density at radius 3 is 1.89 bits per heavy atom. The van der Waals surface area contributed by atoms with E-state index in [-0.39, 0.29) is 22.7 Å². The highest BCUT2D eigenvalue weighted by Gasteiger charge is 2.52. The lowest BCUT2D eigenvalue weighted by Crippen LogP contribution is -2.65.